The second kappa shape index (κ2) is 7.74. The number of fused-ring (bicyclic) bond motifs is 1. The third-order valence-electron chi connectivity index (χ3n) is 4.94. The van der Waals surface area contributed by atoms with Gasteiger partial charge in [0.05, 0.1) is 21.0 Å². The van der Waals surface area contributed by atoms with Crippen LogP contribution < -0.4 is 0 Å². The quantitative estimate of drug-likeness (QED) is 0.338. The maximum Gasteiger partial charge on any atom is 0.242 e. The highest BCUT2D eigenvalue weighted by molar-refractivity contribution is 7.21. The number of aromatic nitrogens is 3. The van der Waals surface area contributed by atoms with E-state index in [1.165, 1.54) is 52.6 Å². The molecular weight excluding hydrogens is 453 g/mol. The van der Waals surface area contributed by atoms with Crippen molar-refractivity contribution in [1.82, 2.24) is 14.5 Å². The molecule has 0 fully saturated rings. The number of rotatable bonds is 4. The van der Waals surface area contributed by atoms with Crippen LogP contribution in [-0.2, 0) is 0 Å². The van der Waals surface area contributed by atoms with Gasteiger partial charge >= 0.3 is 0 Å². The molecule has 3 heterocycles. The predicted molar refractivity (Wildman–Crippen MR) is 120 cm³/mol. The second-order valence-electron chi connectivity index (χ2n) is 6.89. The van der Waals surface area contributed by atoms with E-state index in [4.69, 9.17) is 11.6 Å². The molecule has 2 aromatic carbocycles. The zero-order chi connectivity index (χ0) is 22.4. The smallest absolute Gasteiger partial charge is 0.242 e. The van der Waals surface area contributed by atoms with Crippen LogP contribution in [-0.4, -0.2) is 30.5 Å². The molecule has 0 aliphatic rings. The van der Waals surface area contributed by atoms with Gasteiger partial charge in [0.2, 0.25) is 11.7 Å². The van der Waals surface area contributed by atoms with Gasteiger partial charge in [-0.15, -0.1) is 0 Å². The summed E-state index contributed by atoms with van der Waals surface area (Å²) in [5.41, 5.74) is 1.17. The minimum Gasteiger partial charge on any atom is -0.503 e. The zero-order valence-electron chi connectivity index (χ0n) is 16.2. The molecule has 158 valence electrons. The van der Waals surface area contributed by atoms with Gasteiger partial charge < -0.3 is 10.2 Å². The van der Waals surface area contributed by atoms with Gasteiger partial charge in [-0.2, -0.15) is 0 Å². The third-order valence-corrected chi connectivity index (χ3v) is 6.25. The van der Waals surface area contributed by atoms with E-state index < -0.39 is 23.2 Å². The summed E-state index contributed by atoms with van der Waals surface area (Å²) in [6.07, 6.45) is 2.88. The van der Waals surface area contributed by atoms with Crippen LogP contribution in [0.25, 0.3) is 26.6 Å². The molecule has 0 radical (unpaired) electrons. The molecule has 5 rings (SSSR count). The van der Waals surface area contributed by atoms with Gasteiger partial charge in [-0.05, 0) is 54.1 Å². The van der Waals surface area contributed by atoms with Crippen LogP contribution in [0.15, 0.2) is 67.0 Å². The van der Waals surface area contributed by atoms with Gasteiger partial charge in [0, 0.05) is 18.0 Å². The summed E-state index contributed by atoms with van der Waals surface area (Å²) in [5.74, 6) is -2.19. The summed E-state index contributed by atoms with van der Waals surface area (Å²) in [5, 5.41) is 22.4. The van der Waals surface area contributed by atoms with E-state index in [1.807, 2.05) is 6.07 Å². The molecule has 0 unspecified atom stereocenters. The lowest BCUT2D eigenvalue weighted by Crippen LogP contribution is -2.05. The van der Waals surface area contributed by atoms with Crippen molar-refractivity contribution in [1.29, 1.82) is 0 Å². The number of thiazole rings is 1. The van der Waals surface area contributed by atoms with Gasteiger partial charge in [0.15, 0.2) is 10.9 Å². The summed E-state index contributed by atoms with van der Waals surface area (Å²) in [6.45, 7) is 0. The summed E-state index contributed by atoms with van der Waals surface area (Å²) in [6, 6.07) is 13.8. The Morgan fingerprint density at radius 3 is 2.53 bits per heavy atom. The first-order valence-corrected chi connectivity index (χ1v) is 10.6. The first-order chi connectivity index (χ1) is 15.5. The largest absolute Gasteiger partial charge is 0.503 e. The average molecular weight is 466 g/mol. The van der Waals surface area contributed by atoms with E-state index in [0.717, 1.165) is 4.70 Å². The Labute approximate surface area is 189 Å². The number of pyridine rings is 1. The molecule has 0 amide bonds. The van der Waals surface area contributed by atoms with E-state index in [-0.39, 0.29) is 22.0 Å². The highest BCUT2D eigenvalue weighted by atomic mass is 35.5. The number of carbonyl (C=O) groups is 1. The Kier molecular flexibility index (Phi) is 4.88. The predicted octanol–water partition coefficient (Wildman–Crippen LogP) is 5.58. The van der Waals surface area contributed by atoms with Gasteiger partial charge in [0.25, 0.3) is 0 Å². The monoisotopic (exact) mass is 465 g/mol. The Morgan fingerprint density at radius 1 is 1.06 bits per heavy atom. The molecule has 6 nitrogen and oxygen atoms in total. The SMILES string of the molecule is O=C(c1cccnc1)c1c(O)c(O)n(-c2nc3c(Cl)cccc3s2)c1-c1ccc(F)cc1. The summed E-state index contributed by atoms with van der Waals surface area (Å²) in [4.78, 5) is 21.8. The number of hydrogen-bond acceptors (Lipinski definition) is 6. The molecule has 0 bridgehead atoms. The topological polar surface area (TPSA) is 88.2 Å². The number of benzene rings is 2. The molecule has 0 spiro atoms. The molecule has 9 heteroatoms. The molecule has 0 atom stereocenters. The second-order valence-corrected chi connectivity index (χ2v) is 8.31. The van der Waals surface area contributed by atoms with Crippen molar-refractivity contribution in [2.24, 2.45) is 0 Å². The number of carbonyl (C=O) groups excluding carboxylic acids is 1. The molecular formula is C23H13ClFN3O3S. The molecule has 0 saturated carbocycles. The number of ketones is 1. The lowest BCUT2D eigenvalue weighted by molar-refractivity contribution is 0.103. The van der Waals surface area contributed by atoms with E-state index in [9.17, 15) is 19.4 Å². The molecule has 2 N–H and O–H groups in total. The number of aromatic hydroxyl groups is 2. The molecule has 0 aliphatic heterocycles. The van der Waals surface area contributed by atoms with Gasteiger partial charge in [-0.25, -0.2) is 9.37 Å². The van der Waals surface area contributed by atoms with Crippen molar-refractivity contribution in [3.63, 3.8) is 0 Å². The lowest BCUT2D eigenvalue weighted by Gasteiger charge is -2.09. The number of nitrogens with zero attached hydrogens (tertiary/aromatic N) is 3. The Morgan fingerprint density at radius 2 is 1.84 bits per heavy atom. The first kappa shape index (κ1) is 20.2. The highest BCUT2D eigenvalue weighted by Gasteiger charge is 2.31. The van der Waals surface area contributed by atoms with Crippen LogP contribution in [0.5, 0.6) is 11.6 Å². The van der Waals surface area contributed by atoms with E-state index in [0.29, 0.717) is 16.1 Å². The van der Waals surface area contributed by atoms with E-state index in [1.54, 1.807) is 24.3 Å². The zero-order valence-corrected chi connectivity index (χ0v) is 17.7. The summed E-state index contributed by atoms with van der Waals surface area (Å²) < 4.78 is 15.6. The van der Waals surface area contributed by atoms with Crippen molar-refractivity contribution in [3.8, 4) is 28.0 Å². The normalized spacial score (nSPS) is 11.2. The van der Waals surface area contributed by atoms with Crippen molar-refractivity contribution in [3.05, 3.63) is 89.0 Å². The fourth-order valence-corrected chi connectivity index (χ4v) is 4.74. The molecule has 5 aromatic rings. The minimum atomic E-state index is -0.608. The molecule has 32 heavy (non-hydrogen) atoms. The maximum atomic E-state index is 13.6. The van der Waals surface area contributed by atoms with Crippen molar-refractivity contribution in [2.75, 3.05) is 0 Å². The maximum absolute atomic E-state index is 13.6. The van der Waals surface area contributed by atoms with Crippen LogP contribution in [0, 0.1) is 5.82 Å². The highest BCUT2D eigenvalue weighted by Crippen LogP contribution is 2.45. The van der Waals surface area contributed by atoms with Crippen molar-refractivity contribution in [2.45, 2.75) is 0 Å². The van der Waals surface area contributed by atoms with Crippen LogP contribution >= 0.6 is 22.9 Å². The van der Waals surface area contributed by atoms with Crippen LogP contribution in [0.2, 0.25) is 5.02 Å². The first-order valence-electron chi connectivity index (χ1n) is 9.38. The van der Waals surface area contributed by atoms with E-state index >= 15 is 0 Å². The Hall–Kier alpha value is -3.75. The third kappa shape index (κ3) is 3.21. The minimum absolute atomic E-state index is 0.146. The standard InChI is InChI=1S/C23H13ClFN3O3S/c24-15-4-1-5-16-18(15)27-23(32-16)28-19(12-6-8-14(25)9-7-12)17(21(30)22(28)31)20(29)13-3-2-10-26-11-13/h1-11,30-31H. The summed E-state index contributed by atoms with van der Waals surface area (Å²) >= 11 is 7.48. The Bertz CT molecular complexity index is 1480. The summed E-state index contributed by atoms with van der Waals surface area (Å²) in [7, 11) is 0. The molecule has 0 saturated heterocycles. The number of halogens is 2. The fourth-order valence-electron chi connectivity index (χ4n) is 3.47. The van der Waals surface area contributed by atoms with Crippen molar-refractivity contribution >= 4 is 38.9 Å². The Balaban J connectivity index is 1.83. The lowest BCUT2D eigenvalue weighted by atomic mass is 10.0. The van der Waals surface area contributed by atoms with Gasteiger partial charge in [-0.1, -0.05) is 29.0 Å². The van der Waals surface area contributed by atoms with Crippen LogP contribution in [0.3, 0.4) is 0 Å². The average Bonchev–Trinajstić information content (AvgIpc) is 3.34. The van der Waals surface area contributed by atoms with Crippen molar-refractivity contribution < 1.29 is 19.4 Å². The van der Waals surface area contributed by atoms with Gasteiger partial charge in [0.1, 0.15) is 11.3 Å². The fraction of sp³-hybridized carbons (Fsp3) is 0. The molecule has 0 aliphatic carbocycles. The van der Waals surface area contributed by atoms with Crippen LogP contribution in [0.4, 0.5) is 4.39 Å². The number of para-hydroxylation sites is 1. The molecule has 3 aromatic heterocycles. The number of hydrogen-bond donors (Lipinski definition) is 2. The van der Waals surface area contributed by atoms with E-state index in [2.05, 4.69) is 9.97 Å². The van der Waals surface area contributed by atoms with Crippen LogP contribution in [0.1, 0.15) is 15.9 Å². The van der Waals surface area contributed by atoms with Gasteiger partial charge in [-0.3, -0.25) is 14.3 Å².